The lowest BCUT2D eigenvalue weighted by Gasteiger charge is -2.25. The molecule has 1 heterocycles. The van der Waals surface area contributed by atoms with Gasteiger partial charge in [-0.1, -0.05) is 78.9 Å². The minimum Gasteiger partial charge on any atom is -0.493 e. The van der Waals surface area contributed by atoms with E-state index in [4.69, 9.17) is 9.47 Å². The molecule has 4 amide bonds. The highest BCUT2D eigenvalue weighted by molar-refractivity contribution is 7.89. The number of carbonyl (C=O) groups is 4. The molecule has 300 valence electrons. The van der Waals surface area contributed by atoms with Crippen LogP contribution in [0.5, 0.6) is 5.75 Å². The lowest BCUT2D eigenvalue weighted by Crippen LogP contribution is -2.51. The van der Waals surface area contributed by atoms with Gasteiger partial charge in [0.2, 0.25) is 21.8 Å². The smallest absolute Gasteiger partial charge is 0.329 e. The number of esters is 1. The van der Waals surface area contributed by atoms with Crippen LogP contribution in [0.4, 0.5) is 21.9 Å². The van der Waals surface area contributed by atoms with Crippen LogP contribution in [0.2, 0.25) is 0 Å². The Bertz CT molecular complexity index is 2290. The molecule has 0 aliphatic carbocycles. The predicted octanol–water partition coefficient (Wildman–Crippen LogP) is 6.67. The quantitative estimate of drug-likeness (QED) is 0.0802. The maximum absolute atomic E-state index is 13.6. The molecule has 13 nitrogen and oxygen atoms in total. The first-order valence-corrected chi connectivity index (χ1v) is 20.3. The summed E-state index contributed by atoms with van der Waals surface area (Å²) in [6, 6.07) is 35.8. The van der Waals surface area contributed by atoms with E-state index in [1.165, 1.54) is 16.4 Å². The fraction of sp³-hybridized carbons (Fsp3) is 0.227. The van der Waals surface area contributed by atoms with Crippen LogP contribution in [0.3, 0.4) is 0 Å². The van der Waals surface area contributed by atoms with Gasteiger partial charge in [-0.25, -0.2) is 18.0 Å². The maximum atomic E-state index is 13.6. The van der Waals surface area contributed by atoms with Crippen molar-refractivity contribution >= 4 is 50.9 Å². The first kappa shape index (κ1) is 41.1. The molecule has 0 unspecified atom stereocenters. The summed E-state index contributed by atoms with van der Waals surface area (Å²) in [6.07, 6.45) is 0.955. The highest BCUT2D eigenvalue weighted by Crippen LogP contribution is 2.27. The van der Waals surface area contributed by atoms with Crippen LogP contribution >= 0.6 is 0 Å². The van der Waals surface area contributed by atoms with Crippen LogP contribution in [0.25, 0.3) is 0 Å². The number of hydrogen-bond donors (Lipinski definition) is 4. The van der Waals surface area contributed by atoms with Crippen LogP contribution in [0.1, 0.15) is 36.0 Å². The second kappa shape index (κ2) is 19.6. The topological polar surface area (TPSA) is 172 Å². The first-order valence-electron chi connectivity index (χ1n) is 18.9. The molecule has 0 spiro atoms. The lowest BCUT2D eigenvalue weighted by atomic mass is 10.1. The number of rotatable bonds is 16. The summed E-state index contributed by atoms with van der Waals surface area (Å²) in [4.78, 5) is 52.3. The van der Waals surface area contributed by atoms with Gasteiger partial charge in [0.15, 0.2) is 0 Å². The Hall–Kier alpha value is -6.51. The standard InChI is InChI=1S/C44H45N5O8S/c1-31-11-8-9-16-38(31)48-44(53)46-35-20-18-32(19-21-35)29-41(50)45-34-22-24-36(25-23-34)56-28-26-39(43(52)57-30-33-12-4-2-5-13-33)47-42(51)40-17-10-27-49(40)58(54,55)37-14-6-3-7-15-37/h2-9,11-16,18-25,39-40H,10,17,26-30H2,1H3,(H,45,50)(H,47,51)(H2,46,48,53)/t39-,40-/m0/s1. The van der Waals surface area contributed by atoms with Crippen molar-refractivity contribution in [3.8, 4) is 5.75 Å². The van der Waals surface area contributed by atoms with Crippen molar-refractivity contribution in [2.24, 2.45) is 0 Å². The van der Waals surface area contributed by atoms with E-state index in [1.807, 2.05) is 61.5 Å². The van der Waals surface area contributed by atoms with E-state index in [0.29, 0.717) is 35.7 Å². The van der Waals surface area contributed by atoms with Gasteiger partial charge in [-0.3, -0.25) is 9.59 Å². The van der Waals surface area contributed by atoms with Crippen LogP contribution in [-0.2, 0) is 42.2 Å². The van der Waals surface area contributed by atoms with E-state index in [1.54, 1.807) is 66.7 Å². The highest BCUT2D eigenvalue weighted by Gasteiger charge is 2.40. The molecule has 0 bridgehead atoms. The van der Waals surface area contributed by atoms with Crippen molar-refractivity contribution in [1.82, 2.24) is 9.62 Å². The van der Waals surface area contributed by atoms with Crippen molar-refractivity contribution in [3.63, 3.8) is 0 Å². The van der Waals surface area contributed by atoms with E-state index in [0.717, 1.165) is 16.7 Å². The van der Waals surface area contributed by atoms with Gasteiger partial charge >= 0.3 is 12.0 Å². The van der Waals surface area contributed by atoms with E-state index >= 15 is 0 Å². The third-order valence-electron chi connectivity index (χ3n) is 9.46. The molecule has 0 aromatic heterocycles. The normalized spacial score (nSPS) is 14.5. The molecule has 0 radical (unpaired) electrons. The van der Waals surface area contributed by atoms with Crippen LogP contribution in [0.15, 0.2) is 138 Å². The number of benzene rings is 5. The summed E-state index contributed by atoms with van der Waals surface area (Å²) >= 11 is 0. The van der Waals surface area contributed by atoms with E-state index < -0.39 is 34.0 Å². The summed E-state index contributed by atoms with van der Waals surface area (Å²) in [7, 11) is -3.94. The molecule has 2 atom stereocenters. The molecule has 5 aromatic rings. The van der Waals surface area contributed by atoms with Crippen LogP contribution in [-0.4, -0.2) is 61.8 Å². The molecule has 14 heteroatoms. The van der Waals surface area contributed by atoms with Gasteiger partial charge in [0.1, 0.15) is 24.4 Å². The second-order valence-electron chi connectivity index (χ2n) is 13.7. The molecule has 1 saturated heterocycles. The average Bonchev–Trinajstić information content (AvgIpc) is 3.74. The SMILES string of the molecule is Cc1ccccc1NC(=O)Nc1ccc(CC(=O)Nc2ccc(OCC[C@H](NC(=O)[C@@H]3CCCN3S(=O)(=O)c3ccccc3)C(=O)OCc3ccccc3)cc2)cc1. The molecule has 6 rings (SSSR count). The molecular formula is C44H45N5O8S. The predicted molar refractivity (Wildman–Crippen MR) is 221 cm³/mol. The van der Waals surface area contributed by atoms with Gasteiger partial charge in [0.25, 0.3) is 0 Å². The highest BCUT2D eigenvalue weighted by atomic mass is 32.2. The van der Waals surface area contributed by atoms with Crippen molar-refractivity contribution in [3.05, 3.63) is 150 Å². The molecule has 1 aliphatic rings. The summed E-state index contributed by atoms with van der Waals surface area (Å²) in [5.41, 5.74) is 4.31. The third-order valence-corrected chi connectivity index (χ3v) is 11.4. The minimum absolute atomic E-state index is 0.00574. The molecule has 1 fully saturated rings. The van der Waals surface area contributed by atoms with E-state index in [9.17, 15) is 27.6 Å². The molecule has 0 saturated carbocycles. The third kappa shape index (κ3) is 11.3. The number of urea groups is 1. The van der Waals surface area contributed by atoms with Crippen molar-refractivity contribution in [1.29, 1.82) is 0 Å². The average molecular weight is 804 g/mol. The number of aryl methyl sites for hydroxylation is 1. The zero-order valence-corrected chi connectivity index (χ0v) is 32.7. The van der Waals surface area contributed by atoms with Gasteiger partial charge < -0.3 is 30.7 Å². The Balaban J connectivity index is 1.00. The van der Waals surface area contributed by atoms with Crippen LogP contribution < -0.4 is 26.0 Å². The molecule has 4 N–H and O–H groups in total. The Labute approximate surface area is 337 Å². The lowest BCUT2D eigenvalue weighted by molar-refractivity contribution is -0.149. The van der Waals surface area contributed by atoms with Crippen molar-refractivity contribution in [2.75, 3.05) is 29.1 Å². The van der Waals surface area contributed by atoms with Gasteiger partial charge in [-0.05, 0) is 91.1 Å². The molecule has 58 heavy (non-hydrogen) atoms. The van der Waals surface area contributed by atoms with E-state index in [2.05, 4.69) is 21.3 Å². The summed E-state index contributed by atoms with van der Waals surface area (Å²) < 4.78 is 39.5. The number of ether oxygens (including phenoxy) is 2. The molecule has 5 aromatic carbocycles. The number of carbonyl (C=O) groups excluding carboxylic acids is 4. The number of nitrogens with one attached hydrogen (secondary N) is 4. The van der Waals surface area contributed by atoms with Crippen LogP contribution in [0, 0.1) is 6.92 Å². The summed E-state index contributed by atoms with van der Waals surface area (Å²) in [6.45, 7) is 2.10. The fourth-order valence-electron chi connectivity index (χ4n) is 6.39. The number of hydrogen-bond acceptors (Lipinski definition) is 8. The minimum atomic E-state index is -3.94. The largest absolute Gasteiger partial charge is 0.493 e. The van der Waals surface area contributed by atoms with Gasteiger partial charge in [0.05, 0.1) is 17.9 Å². The Morgan fingerprint density at radius 3 is 2.09 bits per heavy atom. The molecule has 1 aliphatic heterocycles. The van der Waals surface area contributed by atoms with E-state index in [-0.39, 0.29) is 49.4 Å². The molecular weight excluding hydrogens is 759 g/mol. The Morgan fingerprint density at radius 2 is 1.38 bits per heavy atom. The summed E-state index contributed by atoms with van der Waals surface area (Å²) in [5, 5.41) is 11.2. The number of sulfonamides is 1. The number of anilines is 3. The monoisotopic (exact) mass is 803 g/mol. The number of nitrogens with zero attached hydrogens (tertiary/aromatic N) is 1. The zero-order chi connectivity index (χ0) is 40.9. The second-order valence-corrected chi connectivity index (χ2v) is 15.6. The van der Waals surface area contributed by atoms with Crippen molar-refractivity contribution in [2.45, 2.75) is 56.2 Å². The Morgan fingerprint density at radius 1 is 0.741 bits per heavy atom. The van der Waals surface area contributed by atoms with Gasteiger partial charge in [-0.2, -0.15) is 4.31 Å². The van der Waals surface area contributed by atoms with Gasteiger partial charge in [0, 0.05) is 30.0 Å². The number of amides is 4. The summed E-state index contributed by atoms with van der Waals surface area (Å²) in [5.74, 6) is -1.04. The van der Waals surface area contributed by atoms with Gasteiger partial charge in [-0.15, -0.1) is 0 Å². The fourth-order valence-corrected chi connectivity index (χ4v) is 8.06. The zero-order valence-electron chi connectivity index (χ0n) is 31.9. The Kier molecular flexibility index (Phi) is 13.9. The van der Waals surface area contributed by atoms with Crippen molar-refractivity contribution < 1.29 is 37.1 Å². The number of para-hydroxylation sites is 1. The first-order chi connectivity index (χ1) is 28.0. The maximum Gasteiger partial charge on any atom is 0.329 e.